The van der Waals surface area contributed by atoms with Crippen LogP contribution in [-0.4, -0.2) is 69.0 Å². The fourth-order valence-electron chi connectivity index (χ4n) is 1.72. The van der Waals surface area contributed by atoms with Gasteiger partial charge >= 0.3 is 0 Å². The van der Waals surface area contributed by atoms with Crippen molar-refractivity contribution < 1.29 is 13.2 Å². The number of nitrogens with one attached hydrogen (secondary N) is 2. The lowest BCUT2D eigenvalue weighted by molar-refractivity contribution is 0.122. The first-order chi connectivity index (χ1) is 10.00. The number of hydrogen-bond donors (Lipinski definition) is 2. The van der Waals surface area contributed by atoms with Gasteiger partial charge in [-0.3, -0.25) is 0 Å². The summed E-state index contributed by atoms with van der Waals surface area (Å²) < 4.78 is 30.1. The van der Waals surface area contributed by atoms with Gasteiger partial charge in [0.1, 0.15) is 0 Å². The Balaban J connectivity index is 2.01. The third-order valence-corrected chi connectivity index (χ3v) is 4.39. The minimum absolute atomic E-state index is 0.0606. The number of rotatable bonds is 6. The molecule has 11 heteroatoms. The van der Waals surface area contributed by atoms with Gasteiger partial charge < -0.3 is 15.0 Å². The van der Waals surface area contributed by atoms with Crippen molar-refractivity contribution in [2.45, 2.75) is 0 Å². The normalized spacial score (nSPS) is 16.0. The highest BCUT2D eigenvalue weighted by atomic mass is 35.5. The van der Waals surface area contributed by atoms with Crippen molar-refractivity contribution in [2.75, 3.05) is 55.9 Å². The third kappa shape index (κ3) is 4.92. The zero-order valence-electron chi connectivity index (χ0n) is 11.5. The Bertz CT molecular complexity index is 578. The SMILES string of the molecule is CNS(=O)(=O)CCNc1nc(Cl)nc(N2CCOCC2)n1. The first-order valence-electron chi connectivity index (χ1n) is 6.39. The Morgan fingerprint density at radius 3 is 2.67 bits per heavy atom. The molecule has 9 nitrogen and oxygen atoms in total. The molecule has 118 valence electrons. The predicted octanol–water partition coefficient (Wildman–Crippen LogP) is -0.677. The maximum absolute atomic E-state index is 11.3. The Morgan fingerprint density at radius 2 is 2.00 bits per heavy atom. The average Bonchev–Trinajstić information content (AvgIpc) is 2.47. The lowest BCUT2D eigenvalue weighted by Gasteiger charge is -2.26. The topological polar surface area (TPSA) is 109 Å². The molecule has 2 heterocycles. The fourth-order valence-corrected chi connectivity index (χ4v) is 2.45. The molecule has 1 aliphatic rings. The first-order valence-corrected chi connectivity index (χ1v) is 8.42. The molecule has 2 rings (SSSR count). The smallest absolute Gasteiger partial charge is 0.231 e. The number of anilines is 2. The summed E-state index contributed by atoms with van der Waals surface area (Å²) >= 11 is 5.87. The molecule has 1 aromatic rings. The van der Waals surface area contributed by atoms with Gasteiger partial charge in [-0.05, 0) is 18.6 Å². The van der Waals surface area contributed by atoms with Crippen LogP contribution in [-0.2, 0) is 14.8 Å². The Hall–Kier alpha value is -1.23. The zero-order chi connectivity index (χ0) is 15.3. The van der Waals surface area contributed by atoms with Crippen molar-refractivity contribution in [3.63, 3.8) is 0 Å². The van der Waals surface area contributed by atoms with Gasteiger partial charge in [-0.15, -0.1) is 0 Å². The van der Waals surface area contributed by atoms with Crippen LogP contribution in [0.25, 0.3) is 0 Å². The molecule has 0 radical (unpaired) electrons. The molecule has 0 atom stereocenters. The number of sulfonamides is 1. The van der Waals surface area contributed by atoms with Gasteiger partial charge in [0.15, 0.2) is 0 Å². The highest BCUT2D eigenvalue weighted by Crippen LogP contribution is 2.14. The molecule has 1 aliphatic heterocycles. The molecular weight excluding hydrogens is 320 g/mol. The van der Waals surface area contributed by atoms with Gasteiger partial charge in [0.25, 0.3) is 0 Å². The van der Waals surface area contributed by atoms with E-state index in [-0.39, 0.29) is 23.5 Å². The van der Waals surface area contributed by atoms with Crippen LogP contribution in [0.5, 0.6) is 0 Å². The second-order valence-electron chi connectivity index (χ2n) is 4.28. The maximum Gasteiger partial charge on any atom is 0.231 e. The van der Waals surface area contributed by atoms with Crippen molar-refractivity contribution in [2.24, 2.45) is 0 Å². The minimum Gasteiger partial charge on any atom is -0.378 e. The quantitative estimate of drug-likeness (QED) is 0.703. The standard InChI is InChI=1S/C10H17ClN6O3S/c1-12-21(18,19)7-2-13-9-14-8(11)15-10(16-9)17-3-5-20-6-4-17/h12H,2-7H2,1H3,(H,13,14,15,16). The van der Waals surface area contributed by atoms with Gasteiger partial charge in [-0.2, -0.15) is 15.0 Å². The number of nitrogens with zero attached hydrogens (tertiary/aromatic N) is 4. The molecule has 0 aromatic carbocycles. The summed E-state index contributed by atoms with van der Waals surface area (Å²) in [4.78, 5) is 14.2. The van der Waals surface area contributed by atoms with E-state index in [9.17, 15) is 8.42 Å². The molecule has 1 saturated heterocycles. The zero-order valence-corrected chi connectivity index (χ0v) is 13.1. The number of hydrogen-bond acceptors (Lipinski definition) is 8. The number of morpholine rings is 1. The van der Waals surface area contributed by atoms with Gasteiger partial charge in [-0.1, -0.05) is 0 Å². The monoisotopic (exact) mass is 336 g/mol. The second kappa shape index (κ2) is 7.16. The Kier molecular flexibility index (Phi) is 5.51. The summed E-state index contributed by atoms with van der Waals surface area (Å²) in [7, 11) is -1.91. The van der Waals surface area contributed by atoms with E-state index in [0.29, 0.717) is 32.3 Å². The van der Waals surface area contributed by atoms with E-state index in [1.165, 1.54) is 7.05 Å². The second-order valence-corrected chi connectivity index (χ2v) is 6.66. The highest BCUT2D eigenvalue weighted by Gasteiger charge is 2.16. The number of ether oxygens (including phenoxy) is 1. The summed E-state index contributed by atoms with van der Waals surface area (Å²) in [6.45, 7) is 2.73. The lowest BCUT2D eigenvalue weighted by atomic mass is 10.4. The van der Waals surface area contributed by atoms with E-state index in [4.69, 9.17) is 16.3 Å². The summed E-state index contributed by atoms with van der Waals surface area (Å²) in [5, 5.41) is 2.89. The maximum atomic E-state index is 11.3. The highest BCUT2D eigenvalue weighted by molar-refractivity contribution is 7.89. The van der Waals surface area contributed by atoms with Gasteiger partial charge in [0.05, 0.1) is 19.0 Å². The van der Waals surface area contributed by atoms with E-state index >= 15 is 0 Å². The van der Waals surface area contributed by atoms with Crippen LogP contribution >= 0.6 is 11.6 Å². The molecule has 0 aliphatic carbocycles. The van der Waals surface area contributed by atoms with Crippen molar-refractivity contribution >= 4 is 33.5 Å². The van der Waals surface area contributed by atoms with Crippen molar-refractivity contribution in [3.8, 4) is 0 Å². The Morgan fingerprint density at radius 1 is 1.29 bits per heavy atom. The average molecular weight is 337 g/mol. The molecule has 2 N–H and O–H groups in total. The number of halogens is 1. The van der Waals surface area contributed by atoms with E-state index in [0.717, 1.165) is 0 Å². The summed E-state index contributed by atoms with van der Waals surface area (Å²) in [5.41, 5.74) is 0. The molecule has 0 bridgehead atoms. The molecular formula is C10H17ClN6O3S. The van der Waals surface area contributed by atoms with Gasteiger partial charge in [-0.25, -0.2) is 13.1 Å². The summed E-state index contributed by atoms with van der Waals surface area (Å²) in [6, 6.07) is 0. The largest absolute Gasteiger partial charge is 0.378 e. The van der Waals surface area contributed by atoms with E-state index < -0.39 is 10.0 Å². The fraction of sp³-hybridized carbons (Fsp3) is 0.700. The molecule has 0 unspecified atom stereocenters. The van der Waals surface area contributed by atoms with Crippen LogP contribution in [0.4, 0.5) is 11.9 Å². The van der Waals surface area contributed by atoms with Crippen LogP contribution in [0.3, 0.4) is 0 Å². The van der Waals surface area contributed by atoms with Crippen molar-refractivity contribution in [1.29, 1.82) is 0 Å². The van der Waals surface area contributed by atoms with Crippen LogP contribution < -0.4 is 14.9 Å². The molecule has 0 spiro atoms. The van der Waals surface area contributed by atoms with Crippen LogP contribution in [0.15, 0.2) is 0 Å². The van der Waals surface area contributed by atoms with E-state index in [1.807, 2.05) is 4.90 Å². The van der Waals surface area contributed by atoms with Crippen LogP contribution in [0.1, 0.15) is 0 Å². The molecule has 0 saturated carbocycles. The minimum atomic E-state index is -3.27. The predicted molar refractivity (Wildman–Crippen MR) is 79.2 cm³/mol. The summed E-state index contributed by atoms with van der Waals surface area (Å²) in [5.74, 6) is 0.625. The lowest BCUT2D eigenvalue weighted by Crippen LogP contribution is -2.37. The van der Waals surface area contributed by atoms with Gasteiger partial charge in [0.2, 0.25) is 27.2 Å². The molecule has 21 heavy (non-hydrogen) atoms. The van der Waals surface area contributed by atoms with E-state index in [1.54, 1.807) is 0 Å². The third-order valence-electron chi connectivity index (χ3n) is 2.86. The molecule has 0 amide bonds. The van der Waals surface area contributed by atoms with Gasteiger partial charge in [0, 0.05) is 19.6 Å². The van der Waals surface area contributed by atoms with Crippen molar-refractivity contribution in [3.05, 3.63) is 5.28 Å². The summed E-state index contributed by atoms with van der Waals surface area (Å²) in [6.07, 6.45) is 0. The molecule has 1 aromatic heterocycles. The Labute approximate surface area is 128 Å². The van der Waals surface area contributed by atoms with Crippen LogP contribution in [0.2, 0.25) is 5.28 Å². The van der Waals surface area contributed by atoms with E-state index in [2.05, 4.69) is 25.0 Å². The van der Waals surface area contributed by atoms with Crippen molar-refractivity contribution in [1.82, 2.24) is 19.7 Å². The number of aromatic nitrogens is 3. The first kappa shape index (κ1) is 16.1. The van der Waals surface area contributed by atoms with Crippen LogP contribution in [0, 0.1) is 0 Å². The molecule has 1 fully saturated rings.